The maximum absolute atomic E-state index is 12.4. The molecule has 0 aliphatic rings. The van der Waals surface area contributed by atoms with Gasteiger partial charge in [-0.2, -0.15) is 13.2 Å². The standard InChI is InChI=1S/C16H20F3NO/c1-11(2)20(12(3)4)15(21)10-7-13-5-8-14(9-6-13)16(17,18)19/h5-12H,1-4H3. The van der Waals surface area contributed by atoms with Crippen LogP contribution in [0.4, 0.5) is 13.2 Å². The van der Waals surface area contributed by atoms with Gasteiger partial charge < -0.3 is 4.90 Å². The molecule has 0 saturated carbocycles. The molecule has 0 atom stereocenters. The molecule has 1 aromatic carbocycles. The maximum Gasteiger partial charge on any atom is 0.416 e. The van der Waals surface area contributed by atoms with E-state index in [-0.39, 0.29) is 18.0 Å². The molecule has 1 aromatic rings. The molecule has 0 radical (unpaired) electrons. The van der Waals surface area contributed by atoms with E-state index in [4.69, 9.17) is 0 Å². The number of halogens is 3. The Labute approximate surface area is 123 Å². The summed E-state index contributed by atoms with van der Waals surface area (Å²) in [6, 6.07) is 4.84. The van der Waals surface area contributed by atoms with E-state index in [1.165, 1.54) is 24.3 Å². The molecule has 0 aromatic heterocycles. The van der Waals surface area contributed by atoms with Crippen molar-refractivity contribution in [3.63, 3.8) is 0 Å². The van der Waals surface area contributed by atoms with Gasteiger partial charge in [-0.15, -0.1) is 0 Å². The maximum atomic E-state index is 12.4. The largest absolute Gasteiger partial charge is 0.416 e. The first-order chi connectivity index (χ1) is 9.62. The zero-order valence-corrected chi connectivity index (χ0v) is 12.6. The van der Waals surface area contributed by atoms with E-state index in [1.54, 1.807) is 4.90 Å². The lowest BCUT2D eigenvalue weighted by Gasteiger charge is -2.29. The van der Waals surface area contributed by atoms with Crippen molar-refractivity contribution < 1.29 is 18.0 Å². The Balaban J connectivity index is 2.83. The molecule has 0 N–H and O–H groups in total. The number of benzene rings is 1. The van der Waals surface area contributed by atoms with Crippen LogP contribution in [0.3, 0.4) is 0 Å². The van der Waals surface area contributed by atoms with E-state index in [0.29, 0.717) is 5.56 Å². The topological polar surface area (TPSA) is 20.3 Å². The van der Waals surface area contributed by atoms with E-state index in [2.05, 4.69) is 0 Å². The first-order valence-corrected chi connectivity index (χ1v) is 6.80. The fraction of sp³-hybridized carbons (Fsp3) is 0.438. The van der Waals surface area contributed by atoms with Gasteiger partial charge in [0.2, 0.25) is 5.91 Å². The predicted molar refractivity (Wildman–Crippen MR) is 77.6 cm³/mol. The molecule has 1 rings (SSSR count). The zero-order valence-electron chi connectivity index (χ0n) is 12.6. The van der Waals surface area contributed by atoms with Crippen LogP contribution in [0.2, 0.25) is 0 Å². The number of amides is 1. The minimum atomic E-state index is -4.34. The van der Waals surface area contributed by atoms with Crippen molar-refractivity contribution >= 4 is 12.0 Å². The summed E-state index contributed by atoms with van der Waals surface area (Å²) in [4.78, 5) is 13.8. The van der Waals surface area contributed by atoms with Gasteiger partial charge in [-0.1, -0.05) is 12.1 Å². The lowest BCUT2D eigenvalue weighted by atomic mass is 10.1. The molecule has 0 unspecified atom stereocenters. The van der Waals surface area contributed by atoms with Crippen molar-refractivity contribution in [2.45, 2.75) is 46.0 Å². The molecule has 0 spiro atoms. The third-order valence-electron chi connectivity index (χ3n) is 3.02. The van der Waals surface area contributed by atoms with Gasteiger partial charge in [-0.25, -0.2) is 0 Å². The van der Waals surface area contributed by atoms with E-state index < -0.39 is 11.7 Å². The van der Waals surface area contributed by atoms with Crippen molar-refractivity contribution in [1.29, 1.82) is 0 Å². The van der Waals surface area contributed by atoms with Crippen LogP contribution in [0.25, 0.3) is 6.08 Å². The molecule has 0 saturated heterocycles. The lowest BCUT2D eigenvalue weighted by molar-refractivity contribution is -0.137. The highest BCUT2D eigenvalue weighted by atomic mass is 19.4. The minimum absolute atomic E-state index is 0.0646. The zero-order chi connectivity index (χ0) is 16.2. The molecule has 5 heteroatoms. The summed E-state index contributed by atoms with van der Waals surface area (Å²) in [6.45, 7) is 7.68. The van der Waals surface area contributed by atoms with Crippen molar-refractivity contribution in [1.82, 2.24) is 4.90 Å². The second kappa shape index (κ2) is 6.78. The number of nitrogens with zero attached hydrogens (tertiary/aromatic N) is 1. The number of alkyl halides is 3. The lowest BCUT2D eigenvalue weighted by Crippen LogP contribution is -2.41. The fourth-order valence-corrected chi connectivity index (χ4v) is 2.14. The van der Waals surface area contributed by atoms with Crippen LogP contribution in [0.1, 0.15) is 38.8 Å². The van der Waals surface area contributed by atoms with Gasteiger partial charge in [0.15, 0.2) is 0 Å². The second-order valence-electron chi connectivity index (χ2n) is 5.39. The fourth-order valence-electron chi connectivity index (χ4n) is 2.14. The SMILES string of the molecule is CC(C)N(C(=O)C=Cc1ccc(C(F)(F)F)cc1)C(C)C. The Bertz CT molecular complexity index is 493. The van der Waals surface area contributed by atoms with Gasteiger partial charge in [0, 0.05) is 18.2 Å². The highest BCUT2D eigenvalue weighted by Crippen LogP contribution is 2.29. The van der Waals surface area contributed by atoms with Crippen LogP contribution in [0.15, 0.2) is 30.3 Å². The van der Waals surface area contributed by atoms with Crippen LogP contribution in [-0.2, 0) is 11.0 Å². The molecule has 2 nitrogen and oxygen atoms in total. The molecular formula is C16H20F3NO. The summed E-state index contributed by atoms with van der Waals surface area (Å²) in [5.41, 5.74) is -0.138. The van der Waals surface area contributed by atoms with Gasteiger partial charge in [-0.3, -0.25) is 4.79 Å². The first kappa shape index (κ1) is 17.3. The molecule has 116 valence electrons. The van der Waals surface area contributed by atoms with Crippen LogP contribution in [0.5, 0.6) is 0 Å². The normalized spacial score (nSPS) is 12.4. The Morgan fingerprint density at radius 1 is 1.05 bits per heavy atom. The quantitative estimate of drug-likeness (QED) is 0.756. The smallest absolute Gasteiger partial charge is 0.334 e. The average Bonchev–Trinajstić information content (AvgIpc) is 2.35. The number of rotatable bonds is 4. The Hall–Kier alpha value is -1.78. The summed E-state index contributed by atoms with van der Waals surface area (Å²) < 4.78 is 37.3. The Morgan fingerprint density at radius 3 is 1.90 bits per heavy atom. The van der Waals surface area contributed by atoms with Crippen LogP contribution >= 0.6 is 0 Å². The molecule has 0 bridgehead atoms. The van der Waals surface area contributed by atoms with Crippen molar-refractivity contribution in [2.24, 2.45) is 0 Å². The van der Waals surface area contributed by atoms with E-state index in [0.717, 1.165) is 12.1 Å². The van der Waals surface area contributed by atoms with Gasteiger partial charge >= 0.3 is 6.18 Å². The molecule has 0 aliphatic carbocycles. The van der Waals surface area contributed by atoms with E-state index in [1.807, 2.05) is 27.7 Å². The summed E-state index contributed by atoms with van der Waals surface area (Å²) >= 11 is 0. The monoisotopic (exact) mass is 299 g/mol. The highest BCUT2D eigenvalue weighted by molar-refractivity contribution is 5.92. The summed E-state index contributed by atoms with van der Waals surface area (Å²) in [5, 5.41) is 0. The summed E-state index contributed by atoms with van der Waals surface area (Å²) in [5.74, 6) is -0.153. The van der Waals surface area contributed by atoms with Crippen molar-refractivity contribution in [3.05, 3.63) is 41.5 Å². The Morgan fingerprint density at radius 2 is 1.52 bits per heavy atom. The molecule has 21 heavy (non-hydrogen) atoms. The first-order valence-electron chi connectivity index (χ1n) is 6.80. The van der Waals surface area contributed by atoms with Crippen molar-refractivity contribution in [2.75, 3.05) is 0 Å². The average molecular weight is 299 g/mol. The Kier molecular flexibility index (Phi) is 5.58. The molecule has 0 heterocycles. The van der Waals surface area contributed by atoms with Gasteiger partial charge in [0.05, 0.1) is 5.56 Å². The van der Waals surface area contributed by atoms with Crippen LogP contribution in [0, 0.1) is 0 Å². The third-order valence-corrected chi connectivity index (χ3v) is 3.02. The summed E-state index contributed by atoms with van der Waals surface area (Å²) in [6.07, 6.45) is -1.42. The molecule has 0 aliphatic heterocycles. The summed E-state index contributed by atoms with van der Waals surface area (Å²) in [7, 11) is 0. The van der Waals surface area contributed by atoms with Crippen LogP contribution in [-0.4, -0.2) is 22.9 Å². The molecule has 1 amide bonds. The minimum Gasteiger partial charge on any atom is -0.334 e. The predicted octanol–water partition coefficient (Wildman–Crippen LogP) is 4.36. The van der Waals surface area contributed by atoms with E-state index >= 15 is 0 Å². The third kappa shape index (κ3) is 4.92. The number of hydrogen-bond donors (Lipinski definition) is 0. The number of hydrogen-bond acceptors (Lipinski definition) is 1. The van der Waals surface area contributed by atoms with Crippen molar-refractivity contribution in [3.8, 4) is 0 Å². The van der Waals surface area contributed by atoms with Crippen LogP contribution < -0.4 is 0 Å². The second-order valence-corrected chi connectivity index (χ2v) is 5.39. The van der Waals surface area contributed by atoms with Gasteiger partial charge in [0.1, 0.15) is 0 Å². The van der Waals surface area contributed by atoms with Gasteiger partial charge in [0.25, 0.3) is 0 Å². The van der Waals surface area contributed by atoms with E-state index in [9.17, 15) is 18.0 Å². The van der Waals surface area contributed by atoms with Gasteiger partial charge in [-0.05, 0) is 51.5 Å². The molecule has 0 fully saturated rings. The number of carbonyl (C=O) groups is 1. The highest BCUT2D eigenvalue weighted by Gasteiger charge is 2.29. The molecular weight excluding hydrogens is 279 g/mol. The number of carbonyl (C=O) groups excluding carboxylic acids is 1.